The molecule has 1 aromatic carbocycles. The zero-order valence-corrected chi connectivity index (χ0v) is 21.2. The molecule has 0 unspecified atom stereocenters. The quantitative estimate of drug-likeness (QED) is 0.288. The number of aromatic hydroxyl groups is 1. The maximum atomic E-state index is 10.9. The van der Waals surface area contributed by atoms with Crippen molar-refractivity contribution < 1.29 is 9.84 Å². The molecule has 0 fully saturated rings. The lowest BCUT2D eigenvalue weighted by Crippen LogP contribution is -2.25. The van der Waals surface area contributed by atoms with Crippen LogP contribution in [0.25, 0.3) is 0 Å². The van der Waals surface area contributed by atoms with E-state index < -0.39 is 0 Å². The minimum atomic E-state index is -0.0945. The summed E-state index contributed by atoms with van der Waals surface area (Å²) in [5, 5.41) is 10.9. The van der Waals surface area contributed by atoms with E-state index in [4.69, 9.17) is 4.74 Å². The largest absolute Gasteiger partial charge is 0.507 e. The van der Waals surface area contributed by atoms with E-state index in [1.807, 2.05) is 6.07 Å². The molecular weight excluding hydrogens is 368 g/mol. The minimum Gasteiger partial charge on any atom is -0.507 e. The second-order valence-corrected chi connectivity index (χ2v) is 11.0. The number of phenolic OH excluding ortho intramolecular Hbond substituents is 1. The van der Waals surface area contributed by atoms with E-state index in [1.165, 1.54) is 57.8 Å². The van der Waals surface area contributed by atoms with Crippen LogP contribution in [0.15, 0.2) is 12.1 Å². The Hall–Kier alpha value is -1.18. The van der Waals surface area contributed by atoms with Gasteiger partial charge in [-0.25, -0.2) is 0 Å². The highest BCUT2D eigenvalue weighted by atomic mass is 16.5. The highest BCUT2D eigenvalue weighted by molar-refractivity contribution is 5.49. The van der Waals surface area contributed by atoms with Gasteiger partial charge in [-0.05, 0) is 47.8 Å². The summed E-state index contributed by atoms with van der Waals surface area (Å²) < 4.78 is 6.13. The molecule has 0 aliphatic heterocycles. The number of unbranched alkanes of at least 4 members (excludes halogenated alkanes) is 9. The Morgan fingerprint density at radius 1 is 0.767 bits per heavy atom. The van der Waals surface area contributed by atoms with E-state index in [-0.39, 0.29) is 10.8 Å². The summed E-state index contributed by atoms with van der Waals surface area (Å²) in [6, 6.07) is 4.11. The lowest BCUT2D eigenvalue weighted by atomic mass is 9.71. The predicted molar refractivity (Wildman–Crippen MR) is 132 cm³/mol. The molecule has 1 N–H and O–H groups in total. The third kappa shape index (κ3) is 10.2. The van der Waals surface area contributed by atoms with Gasteiger partial charge in [0.2, 0.25) is 0 Å². The first-order chi connectivity index (χ1) is 14.1. The molecule has 1 aromatic rings. The summed E-state index contributed by atoms with van der Waals surface area (Å²) in [6.45, 7) is 16.4. The van der Waals surface area contributed by atoms with Gasteiger partial charge in [0.15, 0.2) is 0 Å². The predicted octanol–water partition coefficient (Wildman–Crippen LogP) is 8.97. The minimum absolute atomic E-state index is 0.0945. The summed E-state index contributed by atoms with van der Waals surface area (Å²) in [5.41, 5.74) is 2.13. The molecule has 0 aliphatic carbocycles. The van der Waals surface area contributed by atoms with Crippen LogP contribution in [-0.2, 0) is 11.8 Å². The van der Waals surface area contributed by atoms with E-state index in [9.17, 15) is 5.11 Å². The van der Waals surface area contributed by atoms with Gasteiger partial charge in [-0.15, -0.1) is 0 Å². The first-order valence-electron chi connectivity index (χ1n) is 12.6. The molecule has 0 amide bonds. The summed E-state index contributed by atoms with van der Waals surface area (Å²) in [6.07, 6.45) is 15.2. The van der Waals surface area contributed by atoms with Crippen molar-refractivity contribution >= 4 is 0 Å². The zero-order valence-electron chi connectivity index (χ0n) is 21.2. The average Bonchev–Trinajstić information content (AvgIpc) is 2.65. The average molecular weight is 419 g/mol. The van der Waals surface area contributed by atoms with Crippen LogP contribution < -0.4 is 4.74 Å². The number of hydrogen-bond acceptors (Lipinski definition) is 2. The topological polar surface area (TPSA) is 29.5 Å². The Balaban J connectivity index is 2.51. The van der Waals surface area contributed by atoms with Crippen LogP contribution >= 0.6 is 0 Å². The van der Waals surface area contributed by atoms with Crippen LogP contribution in [0.1, 0.15) is 130 Å². The SMILES string of the molecule is CCCCCCCCCCCCOc1cc(CC)c(O)c(C(C)(C)CC(C)(C)C)c1. The Bertz CT molecular complexity index is 595. The number of phenols is 1. The van der Waals surface area contributed by atoms with Crippen molar-refractivity contribution in [3.05, 3.63) is 23.3 Å². The summed E-state index contributed by atoms with van der Waals surface area (Å²) >= 11 is 0. The fourth-order valence-electron chi connectivity index (χ4n) is 4.73. The Kier molecular flexibility index (Phi) is 11.9. The van der Waals surface area contributed by atoms with Crippen LogP contribution in [-0.4, -0.2) is 11.7 Å². The standard InChI is InChI=1S/C28H50O2/c1-8-10-11-12-13-14-15-16-17-18-19-30-24-20-23(9-2)26(29)25(21-24)28(6,7)22-27(3,4)5/h20-21,29H,8-19,22H2,1-7H3. The van der Waals surface area contributed by atoms with Gasteiger partial charge in [0.1, 0.15) is 11.5 Å². The first-order valence-corrected chi connectivity index (χ1v) is 12.6. The third-order valence-corrected chi connectivity index (χ3v) is 6.01. The number of rotatable bonds is 15. The van der Waals surface area contributed by atoms with E-state index in [0.29, 0.717) is 5.75 Å². The molecule has 174 valence electrons. The van der Waals surface area contributed by atoms with Gasteiger partial charge in [-0.2, -0.15) is 0 Å². The lowest BCUT2D eigenvalue weighted by molar-refractivity contribution is 0.274. The van der Waals surface area contributed by atoms with E-state index in [2.05, 4.69) is 54.5 Å². The molecule has 0 saturated heterocycles. The van der Waals surface area contributed by atoms with Crippen molar-refractivity contribution in [3.63, 3.8) is 0 Å². The molecule has 0 radical (unpaired) electrons. The molecule has 0 saturated carbocycles. The zero-order chi connectivity index (χ0) is 22.6. The van der Waals surface area contributed by atoms with Crippen molar-refractivity contribution in [2.24, 2.45) is 5.41 Å². The number of hydrogen-bond donors (Lipinski definition) is 1. The van der Waals surface area contributed by atoms with Gasteiger partial charge in [-0.1, -0.05) is 106 Å². The van der Waals surface area contributed by atoms with Crippen LogP contribution in [0.2, 0.25) is 0 Å². The number of aryl methyl sites for hydroxylation is 1. The lowest BCUT2D eigenvalue weighted by Gasteiger charge is -2.34. The highest BCUT2D eigenvalue weighted by Gasteiger charge is 2.30. The Labute approximate surface area is 187 Å². The number of ether oxygens (including phenoxy) is 1. The summed E-state index contributed by atoms with van der Waals surface area (Å²) in [4.78, 5) is 0. The van der Waals surface area contributed by atoms with E-state index in [0.717, 1.165) is 42.7 Å². The Morgan fingerprint density at radius 2 is 1.30 bits per heavy atom. The molecule has 0 spiro atoms. The number of benzene rings is 1. The van der Waals surface area contributed by atoms with Gasteiger partial charge in [0.25, 0.3) is 0 Å². The van der Waals surface area contributed by atoms with Crippen LogP contribution in [0, 0.1) is 5.41 Å². The van der Waals surface area contributed by atoms with Crippen LogP contribution in [0.4, 0.5) is 0 Å². The Morgan fingerprint density at radius 3 is 1.80 bits per heavy atom. The van der Waals surface area contributed by atoms with Gasteiger partial charge < -0.3 is 9.84 Å². The van der Waals surface area contributed by atoms with Gasteiger partial charge in [-0.3, -0.25) is 0 Å². The monoisotopic (exact) mass is 418 g/mol. The molecule has 0 heterocycles. The molecule has 0 atom stereocenters. The van der Waals surface area contributed by atoms with Crippen molar-refractivity contribution in [2.75, 3.05) is 6.61 Å². The van der Waals surface area contributed by atoms with Gasteiger partial charge >= 0.3 is 0 Å². The summed E-state index contributed by atoms with van der Waals surface area (Å²) in [5.74, 6) is 1.37. The van der Waals surface area contributed by atoms with Crippen molar-refractivity contribution in [1.29, 1.82) is 0 Å². The van der Waals surface area contributed by atoms with Crippen LogP contribution in [0.5, 0.6) is 11.5 Å². The molecule has 1 rings (SSSR count). The molecule has 0 bridgehead atoms. The molecule has 0 aromatic heterocycles. The molecular formula is C28H50O2. The van der Waals surface area contributed by atoms with Gasteiger partial charge in [0.05, 0.1) is 6.61 Å². The summed E-state index contributed by atoms with van der Waals surface area (Å²) in [7, 11) is 0. The van der Waals surface area contributed by atoms with Crippen molar-refractivity contribution in [1.82, 2.24) is 0 Å². The van der Waals surface area contributed by atoms with Gasteiger partial charge in [0, 0.05) is 5.56 Å². The van der Waals surface area contributed by atoms with Crippen molar-refractivity contribution in [2.45, 2.75) is 131 Å². The maximum Gasteiger partial charge on any atom is 0.122 e. The van der Waals surface area contributed by atoms with Crippen LogP contribution in [0.3, 0.4) is 0 Å². The second kappa shape index (κ2) is 13.3. The fraction of sp³-hybridized carbons (Fsp3) is 0.786. The van der Waals surface area contributed by atoms with E-state index >= 15 is 0 Å². The molecule has 2 heteroatoms. The normalized spacial score (nSPS) is 12.4. The highest BCUT2D eigenvalue weighted by Crippen LogP contribution is 2.43. The first kappa shape index (κ1) is 26.9. The van der Waals surface area contributed by atoms with Crippen molar-refractivity contribution in [3.8, 4) is 11.5 Å². The fourth-order valence-corrected chi connectivity index (χ4v) is 4.73. The smallest absolute Gasteiger partial charge is 0.122 e. The second-order valence-electron chi connectivity index (χ2n) is 11.0. The molecule has 2 nitrogen and oxygen atoms in total. The molecule has 30 heavy (non-hydrogen) atoms. The van der Waals surface area contributed by atoms with E-state index in [1.54, 1.807) is 0 Å². The maximum absolute atomic E-state index is 10.9. The molecule has 0 aliphatic rings. The third-order valence-electron chi connectivity index (χ3n) is 6.01.